The lowest BCUT2D eigenvalue weighted by atomic mass is 10.1. The predicted molar refractivity (Wildman–Crippen MR) is 45.7 cm³/mol. The highest BCUT2D eigenvalue weighted by Crippen LogP contribution is 1.96. The smallest absolute Gasteiger partial charge is 0.0284 e. The maximum absolute atomic E-state index is 3.21. The van der Waals surface area contributed by atoms with E-state index in [2.05, 4.69) is 38.3 Å². The summed E-state index contributed by atoms with van der Waals surface area (Å²) in [6.07, 6.45) is 3.86. The van der Waals surface area contributed by atoms with E-state index in [1.807, 2.05) is 12.4 Å². The van der Waals surface area contributed by atoms with E-state index in [1.54, 1.807) is 0 Å². The highest BCUT2D eigenvalue weighted by Gasteiger charge is 2.03. The third-order valence-corrected chi connectivity index (χ3v) is 0.922. The second-order valence-corrected chi connectivity index (χ2v) is 3.29. The van der Waals surface area contributed by atoms with Crippen molar-refractivity contribution in [2.75, 3.05) is 6.54 Å². The van der Waals surface area contributed by atoms with E-state index in [9.17, 15) is 0 Å². The Labute approximate surface area is 63.7 Å². The van der Waals surface area contributed by atoms with Gasteiger partial charge in [-0.25, -0.2) is 0 Å². The fourth-order valence-electron chi connectivity index (χ4n) is 0.468. The molecule has 2 heteroatoms. The Morgan fingerprint density at radius 1 is 1.20 bits per heavy atom. The SMILES string of the molecule is CCN/C=C\NC(C)(C)C. The van der Waals surface area contributed by atoms with Gasteiger partial charge in [-0.2, -0.15) is 0 Å². The van der Waals surface area contributed by atoms with Gasteiger partial charge in [-0.05, 0) is 27.7 Å². The van der Waals surface area contributed by atoms with Gasteiger partial charge in [-0.3, -0.25) is 0 Å². The summed E-state index contributed by atoms with van der Waals surface area (Å²) in [6, 6.07) is 0. The molecule has 0 rings (SSSR count). The summed E-state index contributed by atoms with van der Waals surface area (Å²) in [5, 5.41) is 6.29. The van der Waals surface area contributed by atoms with Crippen LogP contribution in [0.2, 0.25) is 0 Å². The van der Waals surface area contributed by atoms with Gasteiger partial charge in [0.15, 0.2) is 0 Å². The van der Waals surface area contributed by atoms with Gasteiger partial charge in [-0.15, -0.1) is 0 Å². The van der Waals surface area contributed by atoms with E-state index in [0.29, 0.717) is 0 Å². The van der Waals surface area contributed by atoms with Crippen molar-refractivity contribution in [1.29, 1.82) is 0 Å². The minimum Gasteiger partial charge on any atom is -0.390 e. The highest BCUT2D eigenvalue weighted by atomic mass is 14.9. The molecule has 0 fully saturated rings. The van der Waals surface area contributed by atoms with E-state index >= 15 is 0 Å². The number of hydrogen-bond acceptors (Lipinski definition) is 2. The summed E-state index contributed by atoms with van der Waals surface area (Å²) in [6.45, 7) is 9.43. The van der Waals surface area contributed by atoms with Crippen molar-refractivity contribution in [3.8, 4) is 0 Å². The van der Waals surface area contributed by atoms with E-state index in [0.717, 1.165) is 6.54 Å². The molecule has 0 bridgehead atoms. The lowest BCUT2D eigenvalue weighted by Crippen LogP contribution is -2.31. The largest absolute Gasteiger partial charge is 0.390 e. The molecule has 0 aliphatic rings. The zero-order chi connectivity index (χ0) is 8.04. The van der Waals surface area contributed by atoms with Crippen molar-refractivity contribution < 1.29 is 0 Å². The lowest BCUT2D eigenvalue weighted by molar-refractivity contribution is 0.490. The maximum atomic E-state index is 3.21. The van der Waals surface area contributed by atoms with Gasteiger partial charge in [0.2, 0.25) is 0 Å². The summed E-state index contributed by atoms with van der Waals surface area (Å²) in [5.74, 6) is 0. The van der Waals surface area contributed by atoms with Crippen LogP contribution in [0.1, 0.15) is 27.7 Å². The summed E-state index contributed by atoms with van der Waals surface area (Å²) in [4.78, 5) is 0. The van der Waals surface area contributed by atoms with Crippen LogP contribution in [0.5, 0.6) is 0 Å². The molecule has 0 aromatic rings. The molecule has 10 heavy (non-hydrogen) atoms. The van der Waals surface area contributed by atoms with Crippen molar-refractivity contribution >= 4 is 0 Å². The van der Waals surface area contributed by atoms with Crippen molar-refractivity contribution in [1.82, 2.24) is 10.6 Å². The average molecular weight is 142 g/mol. The topological polar surface area (TPSA) is 24.1 Å². The molecule has 60 valence electrons. The van der Waals surface area contributed by atoms with Crippen LogP contribution in [0.4, 0.5) is 0 Å². The fraction of sp³-hybridized carbons (Fsp3) is 0.750. The van der Waals surface area contributed by atoms with E-state index in [1.165, 1.54) is 0 Å². The second-order valence-electron chi connectivity index (χ2n) is 3.29. The maximum Gasteiger partial charge on any atom is 0.0284 e. The summed E-state index contributed by atoms with van der Waals surface area (Å²) in [7, 11) is 0. The van der Waals surface area contributed by atoms with E-state index in [4.69, 9.17) is 0 Å². The van der Waals surface area contributed by atoms with Crippen LogP contribution in [0.25, 0.3) is 0 Å². The normalized spacial score (nSPS) is 12.0. The molecular formula is C8H18N2. The van der Waals surface area contributed by atoms with Crippen LogP contribution in [0, 0.1) is 0 Å². The molecule has 0 atom stereocenters. The van der Waals surface area contributed by atoms with Crippen LogP contribution < -0.4 is 10.6 Å². The standard InChI is InChI=1S/C8H18N2/c1-5-9-6-7-10-8(2,3)4/h6-7,9-10H,5H2,1-4H3/b7-6-. The third kappa shape index (κ3) is 7.34. The molecule has 0 spiro atoms. The van der Waals surface area contributed by atoms with E-state index < -0.39 is 0 Å². The molecule has 0 aliphatic carbocycles. The van der Waals surface area contributed by atoms with Gasteiger partial charge in [-0.1, -0.05) is 0 Å². The molecular weight excluding hydrogens is 124 g/mol. The zero-order valence-corrected chi connectivity index (χ0v) is 7.36. The second kappa shape index (κ2) is 4.20. The fourth-order valence-corrected chi connectivity index (χ4v) is 0.468. The molecule has 0 aromatic heterocycles. The molecule has 0 heterocycles. The first kappa shape index (κ1) is 9.34. The van der Waals surface area contributed by atoms with Crippen molar-refractivity contribution in [2.24, 2.45) is 0 Å². The Balaban J connectivity index is 3.34. The Hall–Kier alpha value is -0.660. The first-order valence-corrected chi connectivity index (χ1v) is 3.72. The molecule has 2 nitrogen and oxygen atoms in total. The molecule has 0 aliphatic heterocycles. The summed E-state index contributed by atoms with van der Waals surface area (Å²) < 4.78 is 0. The van der Waals surface area contributed by atoms with Gasteiger partial charge in [0.05, 0.1) is 0 Å². The summed E-state index contributed by atoms with van der Waals surface area (Å²) in [5.41, 5.74) is 0.173. The van der Waals surface area contributed by atoms with E-state index in [-0.39, 0.29) is 5.54 Å². The molecule has 0 saturated carbocycles. The van der Waals surface area contributed by atoms with Gasteiger partial charge in [0, 0.05) is 24.5 Å². The van der Waals surface area contributed by atoms with Crippen molar-refractivity contribution in [3.63, 3.8) is 0 Å². The third-order valence-electron chi connectivity index (χ3n) is 0.922. The van der Waals surface area contributed by atoms with Crippen LogP contribution in [-0.2, 0) is 0 Å². The zero-order valence-electron chi connectivity index (χ0n) is 7.36. The molecule has 0 amide bonds. The molecule has 0 saturated heterocycles. The monoisotopic (exact) mass is 142 g/mol. The Morgan fingerprint density at radius 3 is 2.20 bits per heavy atom. The minimum absolute atomic E-state index is 0.173. The highest BCUT2D eigenvalue weighted by molar-refractivity contribution is 4.83. The van der Waals surface area contributed by atoms with Crippen molar-refractivity contribution in [3.05, 3.63) is 12.4 Å². The van der Waals surface area contributed by atoms with Gasteiger partial charge >= 0.3 is 0 Å². The minimum atomic E-state index is 0.173. The van der Waals surface area contributed by atoms with Gasteiger partial charge in [0.25, 0.3) is 0 Å². The van der Waals surface area contributed by atoms with Gasteiger partial charge < -0.3 is 10.6 Å². The Bertz CT molecular complexity index is 100. The molecule has 0 aromatic carbocycles. The predicted octanol–water partition coefficient (Wildman–Crippen LogP) is 1.46. The number of nitrogens with one attached hydrogen (secondary N) is 2. The molecule has 0 unspecified atom stereocenters. The molecule has 0 radical (unpaired) electrons. The molecule has 2 N–H and O–H groups in total. The van der Waals surface area contributed by atoms with Crippen molar-refractivity contribution in [2.45, 2.75) is 33.2 Å². The number of rotatable bonds is 3. The lowest BCUT2D eigenvalue weighted by Gasteiger charge is -2.18. The van der Waals surface area contributed by atoms with Crippen LogP contribution in [0.3, 0.4) is 0 Å². The first-order chi connectivity index (χ1) is 4.56. The van der Waals surface area contributed by atoms with Crippen LogP contribution in [-0.4, -0.2) is 12.1 Å². The Morgan fingerprint density at radius 2 is 1.80 bits per heavy atom. The average Bonchev–Trinajstić information content (AvgIpc) is 1.78. The van der Waals surface area contributed by atoms with Crippen LogP contribution >= 0.6 is 0 Å². The van der Waals surface area contributed by atoms with Gasteiger partial charge in [0.1, 0.15) is 0 Å². The quantitative estimate of drug-likeness (QED) is 0.623. The first-order valence-electron chi connectivity index (χ1n) is 3.72. The van der Waals surface area contributed by atoms with Crippen LogP contribution in [0.15, 0.2) is 12.4 Å². The number of hydrogen-bond donors (Lipinski definition) is 2. The summed E-state index contributed by atoms with van der Waals surface area (Å²) >= 11 is 0. The Kier molecular flexibility index (Phi) is 3.93.